The average Bonchev–Trinajstić information content (AvgIpc) is 2.71. The van der Waals surface area contributed by atoms with Gasteiger partial charge in [-0.2, -0.15) is 5.10 Å². The Balaban J connectivity index is 1.74. The van der Waals surface area contributed by atoms with Crippen molar-refractivity contribution in [3.05, 3.63) is 52.7 Å². The molecule has 1 aromatic heterocycles. The second-order valence-corrected chi connectivity index (χ2v) is 7.17. The van der Waals surface area contributed by atoms with Crippen molar-refractivity contribution in [3.8, 4) is 5.75 Å². The normalized spacial score (nSPS) is 11.0. The van der Waals surface area contributed by atoms with Gasteiger partial charge >= 0.3 is 5.97 Å². The van der Waals surface area contributed by atoms with E-state index in [9.17, 15) is 4.79 Å². The summed E-state index contributed by atoms with van der Waals surface area (Å²) in [5, 5.41) is 13.5. The van der Waals surface area contributed by atoms with Gasteiger partial charge in [-0.15, -0.1) is 0 Å². The van der Waals surface area contributed by atoms with Gasteiger partial charge in [-0.1, -0.05) is 57.0 Å². The molecule has 156 valence electrons. The first-order chi connectivity index (χ1) is 14.1. The molecule has 2 N–H and O–H groups in total. The van der Waals surface area contributed by atoms with Gasteiger partial charge in [0.2, 0.25) is 0 Å². The van der Waals surface area contributed by atoms with Gasteiger partial charge in [-0.05, 0) is 42.3 Å². The highest BCUT2D eigenvalue weighted by molar-refractivity contribution is 6.32. The molecule has 0 saturated heterocycles. The zero-order chi connectivity index (χ0) is 20.9. The van der Waals surface area contributed by atoms with Crippen LogP contribution in [0, 0.1) is 0 Å². The number of aromatic nitrogens is 1. The number of hydrazone groups is 1. The number of benzene rings is 1. The van der Waals surface area contributed by atoms with Gasteiger partial charge in [-0.3, -0.25) is 5.43 Å². The monoisotopic (exact) mass is 417 g/mol. The minimum atomic E-state index is -1.02. The molecule has 0 aliphatic rings. The van der Waals surface area contributed by atoms with Crippen LogP contribution in [0.1, 0.15) is 67.8 Å². The smallest absolute Gasteiger partial charge is 0.337 e. The number of carboxylic acids is 1. The lowest BCUT2D eigenvalue weighted by molar-refractivity contribution is 0.0696. The second kappa shape index (κ2) is 12.8. The molecule has 29 heavy (non-hydrogen) atoms. The van der Waals surface area contributed by atoms with Crippen molar-refractivity contribution in [2.45, 2.75) is 51.9 Å². The topological polar surface area (TPSA) is 83.8 Å². The quantitative estimate of drug-likeness (QED) is 0.237. The van der Waals surface area contributed by atoms with Crippen LogP contribution in [0.5, 0.6) is 5.75 Å². The number of hydrogen-bond acceptors (Lipinski definition) is 5. The van der Waals surface area contributed by atoms with E-state index >= 15 is 0 Å². The minimum Gasteiger partial charge on any atom is -0.492 e. The van der Waals surface area contributed by atoms with E-state index < -0.39 is 5.97 Å². The Morgan fingerprint density at radius 1 is 1.17 bits per heavy atom. The minimum absolute atomic E-state index is 0.124. The summed E-state index contributed by atoms with van der Waals surface area (Å²) in [5.74, 6) is 0.108. The van der Waals surface area contributed by atoms with Crippen LogP contribution in [0.2, 0.25) is 5.02 Å². The number of anilines is 1. The number of carbonyl (C=O) groups is 1. The molecule has 2 aromatic rings. The molecule has 0 spiro atoms. The highest BCUT2D eigenvalue weighted by atomic mass is 35.5. The third-order valence-corrected chi connectivity index (χ3v) is 4.66. The van der Waals surface area contributed by atoms with E-state index in [-0.39, 0.29) is 5.56 Å². The number of hydrogen-bond donors (Lipinski definition) is 2. The van der Waals surface area contributed by atoms with Crippen molar-refractivity contribution in [3.63, 3.8) is 0 Å². The Morgan fingerprint density at radius 3 is 2.59 bits per heavy atom. The lowest BCUT2D eigenvalue weighted by atomic mass is 10.1. The fourth-order valence-corrected chi connectivity index (χ4v) is 2.96. The second-order valence-electron chi connectivity index (χ2n) is 6.77. The number of halogens is 1. The first-order valence-electron chi connectivity index (χ1n) is 10.0. The lowest BCUT2D eigenvalue weighted by Crippen LogP contribution is -1.99. The number of unbranched alkanes of at least 4 members (excludes halogenated alkanes) is 6. The number of aromatic carboxylic acids is 1. The Hall–Kier alpha value is -2.60. The van der Waals surface area contributed by atoms with Gasteiger partial charge < -0.3 is 9.84 Å². The molecule has 0 aliphatic carbocycles. The molecule has 2 rings (SSSR count). The molecule has 6 nitrogen and oxygen atoms in total. The summed E-state index contributed by atoms with van der Waals surface area (Å²) in [7, 11) is 0. The van der Waals surface area contributed by atoms with Crippen molar-refractivity contribution in [1.82, 2.24) is 4.98 Å². The highest BCUT2D eigenvalue weighted by Gasteiger charge is 2.04. The molecule has 0 saturated carbocycles. The van der Waals surface area contributed by atoms with E-state index in [1.54, 1.807) is 18.3 Å². The molecular formula is C22H28ClN3O3. The SMILES string of the molecule is CCCCCCCCCOc1ccc(/C=N/Nc2ccc(C(=O)O)cn2)cc1Cl. The fraction of sp³-hybridized carbons (Fsp3) is 0.409. The maximum Gasteiger partial charge on any atom is 0.337 e. The third-order valence-electron chi connectivity index (χ3n) is 4.36. The number of pyridine rings is 1. The maximum absolute atomic E-state index is 10.8. The van der Waals surface area contributed by atoms with Crippen LogP contribution in [-0.4, -0.2) is 28.9 Å². The summed E-state index contributed by atoms with van der Waals surface area (Å²) in [4.78, 5) is 14.8. The molecule has 0 atom stereocenters. The Kier molecular flexibility index (Phi) is 10.00. The predicted molar refractivity (Wildman–Crippen MR) is 117 cm³/mol. The summed E-state index contributed by atoms with van der Waals surface area (Å²) in [6.07, 6.45) is 11.6. The van der Waals surface area contributed by atoms with Gasteiger partial charge in [0.25, 0.3) is 0 Å². The van der Waals surface area contributed by atoms with E-state index in [1.165, 1.54) is 50.8 Å². The lowest BCUT2D eigenvalue weighted by Gasteiger charge is -2.08. The first-order valence-corrected chi connectivity index (χ1v) is 10.4. The Morgan fingerprint density at radius 2 is 1.93 bits per heavy atom. The largest absolute Gasteiger partial charge is 0.492 e. The highest BCUT2D eigenvalue weighted by Crippen LogP contribution is 2.25. The summed E-state index contributed by atoms with van der Waals surface area (Å²) >= 11 is 6.29. The molecule has 0 amide bonds. The van der Waals surface area contributed by atoms with Crippen LogP contribution >= 0.6 is 11.6 Å². The van der Waals surface area contributed by atoms with Crippen molar-refractivity contribution >= 4 is 29.6 Å². The van der Waals surface area contributed by atoms with Crippen LogP contribution in [0.25, 0.3) is 0 Å². The molecule has 0 fully saturated rings. The summed E-state index contributed by atoms with van der Waals surface area (Å²) < 4.78 is 5.77. The molecule has 0 bridgehead atoms. The number of carboxylic acid groups (broad SMARTS) is 1. The molecule has 1 aromatic carbocycles. The van der Waals surface area contributed by atoms with E-state index in [4.69, 9.17) is 21.4 Å². The number of nitrogens with zero attached hydrogens (tertiary/aromatic N) is 2. The van der Waals surface area contributed by atoms with Crippen LogP contribution in [0.3, 0.4) is 0 Å². The predicted octanol–water partition coefficient (Wildman–Crippen LogP) is 6.01. The maximum atomic E-state index is 10.8. The standard InChI is InChI=1S/C22H28ClN3O3/c1-2-3-4-5-6-7-8-13-29-20-11-9-17(14-19(20)23)15-25-26-21-12-10-18(16-24-21)22(27)28/h9-12,14-16H,2-8,13H2,1H3,(H,24,26)(H,27,28)/b25-15+. The van der Waals surface area contributed by atoms with Crippen LogP contribution < -0.4 is 10.2 Å². The molecule has 0 unspecified atom stereocenters. The van der Waals surface area contributed by atoms with E-state index in [0.29, 0.717) is 23.2 Å². The summed E-state index contributed by atoms with van der Waals surface area (Å²) in [5.41, 5.74) is 3.69. The molecule has 1 heterocycles. The van der Waals surface area contributed by atoms with E-state index in [0.717, 1.165) is 12.0 Å². The van der Waals surface area contributed by atoms with Crippen LogP contribution in [0.15, 0.2) is 41.6 Å². The average molecular weight is 418 g/mol. The van der Waals surface area contributed by atoms with Gasteiger partial charge in [0.15, 0.2) is 0 Å². The van der Waals surface area contributed by atoms with E-state index in [1.807, 2.05) is 12.1 Å². The van der Waals surface area contributed by atoms with Crippen molar-refractivity contribution < 1.29 is 14.6 Å². The van der Waals surface area contributed by atoms with Gasteiger partial charge in [-0.25, -0.2) is 9.78 Å². The van der Waals surface area contributed by atoms with Crippen LogP contribution in [0.4, 0.5) is 5.82 Å². The number of rotatable bonds is 13. The summed E-state index contributed by atoms with van der Waals surface area (Å²) in [6.45, 7) is 2.89. The molecule has 0 aliphatic heterocycles. The van der Waals surface area contributed by atoms with Gasteiger partial charge in [0.05, 0.1) is 23.4 Å². The molecular weight excluding hydrogens is 390 g/mol. The van der Waals surface area contributed by atoms with Crippen LogP contribution in [-0.2, 0) is 0 Å². The van der Waals surface area contributed by atoms with Crippen molar-refractivity contribution in [2.24, 2.45) is 5.10 Å². The molecule has 7 heteroatoms. The number of nitrogens with one attached hydrogen (secondary N) is 1. The summed E-state index contributed by atoms with van der Waals surface area (Å²) in [6, 6.07) is 8.51. The van der Waals surface area contributed by atoms with E-state index in [2.05, 4.69) is 22.4 Å². The van der Waals surface area contributed by atoms with Crippen molar-refractivity contribution in [1.29, 1.82) is 0 Å². The fourth-order valence-electron chi connectivity index (χ4n) is 2.72. The van der Waals surface area contributed by atoms with Gasteiger partial charge in [0, 0.05) is 6.20 Å². The molecule has 0 radical (unpaired) electrons. The van der Waals surface area contributed by atoms with Gasteiger partial charge in [0.1, 0.15) is 11.6 Å². The van der Waals surface area contributed by atoms with Crippen molar-refractivity contribution in [2.75, 3.05) is 12.0 Å². The third kappa shape index (κ3) is 8.52. The zero-order valence-corrected chi connectivity index (χ0v) is 17.5. The first kappa shape index (κ1) is 22.7. The zero-order valence-electron chi connectivity index (χ0n) is 16.7. The Bertz CT molecular complexity index is 794. The Labute approximate surface area is 177 Å². The number of ether oxygens (including phenoxy) is 1.